The number of hydrogen-bond acceptors (Lipinski definition) is 6. The van der Waals surface area contributed by atoms with Crippen LogP contribution in [-0.4, -0.2) is 49.6 Å². The van der Waals surface area contributed by atoms with Crippen LogP contribution in [0.1, 0.15) is 23.7 Å². The van der Waals surface area contributed by atoms with Crippen molar-refractivity contribution in [1.82, 2.24) is 4.31 Å². The lowest BCUT2D eigenvalue weighted by Gasteiger charge is -2.44. The number of ether oxygens (including phenoxy) is 1. The Bertz CT molecular complexity index is 665. The molecule has 1 aliphatic heterocycles. The lowest BCUT2D eigenvalue weighted by molar-refractivity contribution is -0.0613. The largest absolute Gasteiger partial charge is 0.465 e. The Balaban J connectivity index is 2.40. The van der Waals surface area contributed by atoms with E-state index in [2.05, 4.69) is 4.74 Å². The van der Waals surface area contributed by atoms with Crippen molar-refractivity contribution in [3.63, 3.8) is 0 Å². The van der Waals surface area contributed by atoms with Crippen molar-refractivity contribution in [1.29, 1.82) is 0 Å². The highest BCUT2D eigenvalue weighted by Gasteiger charge is 2.46. The van der Waals surface area contributed by atoms with Crippen molar-refractivity contribution in [2.45, 2.75) is 23.8 Å². The van der Waals surface area contributed by atoms with Gasteiger partial charge in [-0.2, -0.15) is 4.31 Å². The number of carbonyl (C=O) groups excluding carboxylic acids is 1. The van der Waals surface area contributed by atoms with Crippen LogP contribution in [0.25, 0.3) is 0 Å². The van der Waals surface area contributed by atoms with Gasteiger partial charge in [0.05, 0.1) is 23.2 Å². The average Bonchev–Trinajstić information content (AvgIpc) is 2.42. The van der Waals surface area contributed by atoms with E-state index in [1.54, 1.807) is 6.92 Å². The number of β-amino-alcohol motifs (C(OH)–C–C–N with tert-alkyl or cyclic N) is 1. The number of esters is 1. The van der Waals surface area contributed by atoms with E-state index in [4.69, 9.17) is 5.73 Å². The molecular formula is C13H18N2O5S. The van der Waals surface area contributed by atoms with E-state index in [1.807, 2.05) is 0 Å². The van der Waals surface area contributed by atoms with Crippen molar-refractivity contribution in [2.75, 3.05) is 25.9 Å². The molecule has 116 valence electrons. The highest BCUT2D eigenvalue weighted by molar-refractivity contribution is 7.89. The van der Waals surface area contributed by atoms with Gasteiger partial charge in [-0.25, -0.2) is 13.2 Å². The summed E-state index contributed by atoms with van der Waals surface area (Å²) in [5.41, 5.74) is 4.76. The minimum absolute atomic E-state index is 0.0107. The maximum Gasteiger partial charge on any atom is 0.339 e. The molecule has 7 nitrogen and oxygen atoms in total. The number of nitrogens with two attached hydrogens (primary N) is 1. The number of methoxy groups -OCH3 is 1. The number of carbonyl (C=O) groups is 1. The van der Waals surface area contributed by atoms with E-state index in [0.29, 0.717) is 6.42 Å². The standard InChI is InChI=1S/C13H18N2O5S/c1-3-13(17)7-15(8-13)21(18,19)11-5-4-9(14)6-10(11)12(16)20-2/h4-6,17H,3,7-8,14H2,1-2H3. The molecule has 1 fully saturated rings. The van der Waals surface area contributed by atoms with E-state index < -0.39 is 21.6 Å². The molecule has 0 bridgehead atoms. The Kier molecular flexibility index (Phi) is 3.96. The lowest BCUT2D eigenvalue weighted by Crippen LogP contribution is -2.62. The molecule has 1 heterocycles. The van der Waals surface area contributed by atoms with Gasteiger partial charge in [-0.3, -0.25) is 0 Å². The van der Waals surface area contributed by atoms with Crippen LogP contribution in [0.4, 0.5) is 5.69 Å². The molecule has 0 aromatic heterocycles. The second-order valence-corrected chi connectivity index (χ2v) is 7.00. The highest BCUT2D eigenvalue weighted by atomic mass is 32.2. The molecule has 1 aromatic rings. The van der Waals surface area contributed by atoms with Gasteiger partial charge in [-0.1, -0.05) is 6.92 Å². The van der Waals surface area contributed by atoms with Gasteiger partial charge in [-0.15, -0.1) is 0 Å². The summed E-state index contributed by atoms with van der Waals surface area (Å²) in [6.45, 7) is 1.81. The Morgan fingerprint density at radius 1 is 1.48 bits per heavy atom. The molecule has 0 atom stereocenters. The molecule has 3 N–H and O–H groups in total. The maximum absolute atomic E-state index is 12.5. The zero-order chi connectivity index (χ0) is 15.8. The topological polar surface area (TPSA) is 110 Å². The van der Waals surface area contributed by atoms with Crippen molar-refractivity contribution in [3.8, 4) is 0 Å². The number of hydrogen-bond donors (Lipinski definition) is 2. The summed E-state index contributed by atoms with van der Waals surface area (Å²) in [4.78, 5) is 11.6. The van der Waals surface area contributed by atoms with E-state index in [-0.39, 0.29) is 29.2 Å². The predicted molar refractivity (Wildman–Crippen MR) is 76.2 cm³/mol. The Labute approximate surface area is 123 Å². The Hall–Kier alpha value is -1.64. The summed E-state index contributed by atoms with van der Waals surface area (Å²) in [5.74, 6) is -0.771. The van der Waals surface area contributed by atoms with Gasteiger partial charge in [0.15, 0.2) is 0 Å². The number of aliphatic hydroxyl groups is 1. The summed E-state index contributed by atoms with van der Waals surface area (Å²) in [7, 11) is -2.70. The van der Waals surface area contributed by atoms with Crippen molar-refractivity contribution < 1.29 is 23.1 Å². The Morgan fingerprint density at radius 2 is 2.10 bits per heavy atom. The van der Waals surface area contributed by atoms with E-state index in [1.165, 1.54) is 25.3 Å². The zero-order valence-electron chi connectivity index (χ0n) is 11.9. The van der Waals surface area contributed by atoms with Crippen molar-refractivity contribution in [3.05, 3.63) is 23.8 Å². The summed E-state index contributed by atoms with van der Waals surface area (Å²) in [5, 5.41) is 9.95. The maximum atomic E-state index is 12.5. The van der Waals surface area contributed by atoms with Crippen LogP contribution in [-0.2, 0) is 14.8 Å². The first kappa shape index (κ1) is 15.7. The fraction of sp³-hybridized carbons (Fsp3) is 0.462. The fourth-order valence-electron chi connectivity index (χ4n) is 2.18. The van der Waals surface area contributed by atoms with E-state index >= 15 is 0 Å². The highest BCUT2D eigenvalue weighted by Crippen LogP contribution is 2.32. The molecule has 0 amide bonds. The first-order chi connectivity index (χ1) is 9.73. The molecule has 21 heavy (non-hydrogen) atoms. The molecule has 0 spiro atoms. The third-order valence-corrected chi connectivity index (χ3v) is 5.48. The molecule has 0 radical (unpaired) electrons. The predicted octanol–water partition coefficient (Wildman–Crippen LogP) is 0.201. The number of sulfonamides is 1. The second-order valence-electron chi connectivity index (χ2n) is 5.10. The van der Waals surface area contributed by atoms with Gasteiger partial charge in [-0.05, 0) is 24.6 Å². The smallest absolute Gasteiger partial charge is 0.339 e. The SMILES string of the molecule is CCC1(O)CN(S(=O)(=O)c2ccc(N)cc2C(=O)OC)C1. The summed E-state index contributed by atoms with van der Waals surface area (Å²) in [6, 6.07) is 3.95. The lowest BCUT2D eigenvalue weighted by atomic mass is 9.94. The first-order valence-electron chi connectivity index (χ1n) is 6.44. The molecule has 1 saturated heterocycles. The third kappa shape index (κ3) is 2.74. The number of anilines is 1. The molecule has 0 aliphatic carbocycles. The number of nitrogen functional groups attached to an aromatic ring is 1. The van der Waals surface area contributed by atoms with Gasteiger partial charge in [0.1, 0.15) is 0 Å². The number of benzene rings is 1. The molecule has 0 saturated carbocycles. The summed E-state index contributed by atoms with van der Waals surface area (Å²) >= 11 is 0. The molecule has 1 aromatic carbocycles. The number of rotatable bonds is 4. The minimum atomic E-state index is -3.87. The van der Waals surface area contributed by atoms with Crippen LogP contribution in [0.15, 0.2) is 23.1 Å². The third-order valence-electron chi connectivity index (χ3n) is 3.63. The van der Waals surface area contributed by atoms with Crippen LogP contribution < -0.4 is 5.73 Å². The Morgan fingerprint density at radius 3 is 2.62 bits per heavy atom. The number of nitrogens with zero attached hydrogens (tertiary/aromatic N) is 1. The van der Waals surface area contributed by atoms with Crippen LogP contribution >= 0.6 is 0 Å². The minimum Gasteiger partial charge on any atom is -0.465 e. The van der Waals surface area contributed by atoms with Crippen LogP contribution in [0, 0.1) is 0 Å². The monoisotopic (exact) mass is 314 g/mol. The van der Waals surface area contributed by atoms with Crippen molar-refractivity contribution >= 4 is 21.7 Å². The average molecular weight is 314 g/mol. The van der Waals surface area contributed by atoms with Crippen LogP contribution in [0.3, 0.4) is 0 Å². The van der Waals surface area contributed by atoms with Gasteiger partial charge in [0.25, 0.3) is 0 Å². The second kappa shape index (κ2) is 5.28. The van der Waals surface area contributed by atoms with Gasteiger partial charge in [0, 0.05) is 18.8 Å². The quantitative estimate of drug-likeness (QED) is 0.607. The zero-order valence-corrected chi connectivity index (χ0v) is 12.7. The first-order valence-corrected chi connectivity index (χ1v) is 7.88. The molecule has 0 unspecified atom stereocenters. The molecule has 8 heteroatoms. The van der Waals surface area contributed by atoms with E-state index in [0.717, 1.165) is 4.31 Å². The van der Waals surface area contributed by atoms with Crippen LogP contribution in [0.5, 0.6) is 0 Å². The van der Waals surface area contributed by atoms with Crippen LogP contribution in [0.2, 0.25) is 0 Å². The summed E-state index contributed by atoms with van der Waals surface area (Å²) < 4.78 is 30.8. The van der Waals surface area contributed by atoms with Gasteiger partial charge < -0.3 is 15.6 Å². The fourth-order valence-corrected chi connectivity index (χ4v) is 3.94. The molecular weight excluding hydrogens is 296 g/mol. The van der Waals surface area contributed by atoms with Crippen molar-refractivity contribution in [2.24, 2.45) is 0 Å². The van der Waals surface area contributed by atoms with Gasteiger partial charge >= 0.3 is 5.97 Å². The van der Waals surface area contributed by atoms with Gasteiger partial charge in [0.2, 0.25) is 10.0 Å². The normalized spacial score (nSPS) is 18.0. The molecule has 2 rings (SSSR count). The van der Waals surface area contributed by atoms with E-state index in [9.17, 15) is 18.3 Å². The summed E-state index contributed by atoms with van der Waals surface area (Å²) in [6.07, 6.45) is 0.463. The molecule has 1 aliphatic rings.